The summed E-state index contributed by atoms with van der Waals surface area (Å²) >= 11 is 3.54. The first kappa shape index (κ1) is 15.4. The summed E-state index contributed by atoms with van der Waals surface area (Å²) in [5.41, 5.74) is 3.90. The molecule has 1 fully saturated rings. The fourth-order valence-electron chi connectivity index (χ4n) is 2.52. The lowest BCUT2D eigenvalue weighted by Crippen LogP contribution is -2.31. The number of hydrogen-bond donors (Lipinski definition) is 2. The summed E-state index contributed by atoms with van der Waals surface area (Å²) in [6.45, 7) is 3.10. The Morgan fingerprint density at radius 1 is 1.55 bits per heavy atom. The number of rotatable bonds is 4. The minimum atomic E-state index is -0.272. The number of nitrogen functional groups attached to an aromatic ring is 1. The Kier molecular flexibility index (Phi) is 5.15. The third kappa shape index (κ3) is 3.58. The number of halogens is 1. The van der Waals surface area contributed by atoms with E-state index in [-0.39, 0.29) is 5.91 Å². The molecule has 1 heterocycles. The van der Waals surface area contributed by atoms with Crippen molar-refractivity contribution in [1.82, 2.24) is 15.2 Å². The molecular formula is C14H21BrN4O. The first-order valence-corrected chi connectivity index (χ1v) is 7.48. The van der Waals surface area contributed by atoms with E-state index in [0.29, 0.717) is 11.6 Å². The molecule has 0 bridgehead atoms. The van der Waals surface area contributed by atoms with Crippen LogP contribution in [0.3, 0.4) is 0 Å². The molecular weight excluding hydrogens is 320 g/mol. The van der Waals surface area contributed by atoms with Crippen LogP contribution in [0.2, 0.25) is 0 Å². The van der Waals surface area contributed by atoms with Crippen molar-refractivity contribution in [1.29, 1.82) is 0 Å². The average Bonchev–Trinajstić information content (AvgIpc) is 2.89. The fourth-order valence-corrected chi connectivity index (χ4v) is 3.02. The summed E-state index contributed by atoms with van der Waals surface area (Å²) in [7, 11) is 4.26. The zero-order chi connectivity index (χ0) is 14.7. The van der Waals surface area contributed by atoms with Crippen molar-refractivity contribution in [2.24, 2.45) is 5.84 Å². The van der Waals surface area contributed by atoms with Crippen molar-refractivity contribution in [3.8, 4) is 0 Å². The maximum Gasteiger partial charge on any atom is 0.265 e. The first-order valence-electron chi connectivity index (χ1n) is 6.69. The molecule has 1 atom stereocenters. The molecule has 5 nitrogen and oxygen atoms in total. The van der Waals surface area contributed by atoms with Crippen LogP contribution in [0.1, 0.15) is 22.3 Å². The maximum atomic E-state index is 11.5. The molecule has 3 N–H and O–H groups in total. The van der Waals surface area contributed by atoms with Crippen LogP contribution in [0.4, 0.5) is 0 Å². The van der Waals surface area contributed by atoms with Crippen molar-refractivity contribution < 1.29 is 4.79 Å². The maximum absolute atomic E-state index is 11.5. The van der Waals surface area contributed by atoms with Crippen molar-refractivity contribution in [3.05, 3.63) is 33.8 Å². The van der Waals surface area contributed by atoms with E-state index in [4.69, 9.17) is 5.84 Å². The number of hydrogen-bond acceptors (Lipinski definition) is 4. The summed E-state index contributed by atoms with van der Waals surface area (Å²) in [5, 5.41) is 0. The summed E-state index contributed by atoms with van der Waals surface area (Å²) < 4.78 is 0.951. The van der Waals surface area contributed by atoms with E-state index in [1.807, 2.05) is 18.2 Å². The van der Waals surface area contributed by atoms with Gasteiger partial charge in [-0.15, -0.1) is 0 Å². The minimum absolute atomic E-state index is 0.272. The standard InChI is InChI=1S/C14H21BrN4O/c1-18(2)12-5-6-19(9-12)8-11-4-3-10(7-13(11)15)14(20)17-16/h3-4,7,12H,5-6,8-9,16H2,1-2H3,(H,17,20). The summed E-state index contributed by atoms with van der Waals surface area (Å²) in [6, 6.07) is 6.24. The van der Waals surface area contributed by atoms with E-state index in [1.165, 1.54) is 12.0 Å². The molecule has 20 heavy (non-hydrogen) atoms. The Balaban J connectivity index is 2.02. The lowest BCUT2D eigenvalue weighted by atomic mass is 10.1. The topological polar surface area (TPSA) is 61.6 Å². The number of benzene rings is 1. The molecule has 1 saturated heterocycles. The van der Waals surface area contributed by atoms with Crippen LogP contribution in [0.15, 0.2) is 22.7 Å². The molecule has 1 unspecified atom stereocenters. The third-order valence-electron chi connectivity index (χ3n) is 3.82. The van der Waals surface area contributed by atoms with Crippen molar-refractivity contribution in [3.63, 3.8) is 0 Å². The summed E-state index contributed by atoms with van der Waals surface area (Å²) in [4.78, 5) is 16.2. The largest absolute Gasteiger partial charge is 0.305 e. The Labute approximate surface area is 128 Å². The Morgan fingerprint density at radius 3 is 2.85 bits per heavy atom. The second-order valence-electron chi connectivity index (χ2n) is 5.42. The fraction of sp³-hybridized carbons (Fsp3) is 0.500. The zero-order valence-electron chi connectivity index (χ0n) is 11.9. The molecule has 2 rings (SSSR count). The molecule has 1 amide bonds. The van der Waals surface area contributed by atoms with Gasteiger partial charge in [-0.05, 0) is 38.2 Å². The number of likely N-dealkylation sites (tertiary alicyclic amines) is 1. The van der Waals surface area contributed by atoms with Crippen LogP contribution in [-0.2, 0) is 6.54 Å². The van der Waals surface area contributed by atoms with Crippen molar-refractivity contribution >= 4 is 21.8 Å². The number of carbonyl (C=O) groups excluding carboxylic acids is 1. The first-order chi connectivity index (χ1) is 9.51. The van der Waals surface area contributed by atoms with Gasteiger partial charge in [0.1, 0.15) is 0 Å². The highest BCUT2D eigenvalue weighted by Gasteiger charge is 2.24. The van der Waals surface area contributed by atoms with Gasteiger partial charge in [0.15, 0.2) is 0 Å². The van der Waals surface area contributed by atoms with Crippen LogP contribution >= 0.6 is 15.9 Å². The van der Waals surface area contributed by atoms with Gasteiger partial charge in [0.2, 0.25) is 0 Å². The Hall–Kier alpha value is -0.950. The predicted octanol–water partition coefficient (Wildman–Crippen LogP) is 1.19. The average molecular weight is 341 g/mol. The number of hydrazine groups is 1. The lowest BCUT2D eigenvalue weighted by molar-refractivity contribution is 0.0953. The minimum Gasteiger partial charge on any atom is -0.305 e. The molecule has 1 aliphatic heterocycles. The molecule has 0 radical (unpaired) electrons. The van der Waals surface area contributed by atoms with Crippen molar-refractivity contribution in [2.75, 3.05) is 27.2 Å². The smallest absolute Gasteiger partial charge is 0.265 e. The highest BCUT2D eigenvalue weighted by molar-refractivity contribution is 9.10. The number of amides is 1. The number of nitrogens with one attached hydrogen (secondary N) is 1. The van der Waals surface area contributed by atoms with Gasteiger partial charge in [0.25, 0.3) is 5.91 Å². The number of nitrogens with two attached hydrogens (primary N) is 1. The SMILES string of the molecule is CN(C)C1CCN(Cc2ccc(C(=O)NN)cc2Br)C1. The summed E-state index contributed by atoms with van der Waals surface area (Å²) in [5.74, 6) is 4.87. The molecule has 0 spiro atoms. The van der Waals surface area contributed by atoms with Gasteiger partial charge in [0.05, 0.1) is 0 Å². The van der Waals surface area contributed by atoms with Crippen molar-refractivity contribution in [2.45, 2.75) is 19.0 Å². The van der Waals surface area contributed by atoms with E-state index in [0.717, 1.165) is 24.1 Å². The number of likely N-dealkylation sites (N-methyl/N-ethyl adjacent to an activating group) is 1. The zero-order valence-corrected chi connectivity index (χ0v) is 13.5. The molecule has 6 heteroatoms. The third-order valence-corrected chi connectivity index (χ3v) is 4.56. The van der Waals surface area contributed by atoms with Gasteiger partial charge >= 0.3 is 0 Å². The van der Waals surface area contributed by atoms with E-state index in [1.54, 1.807) is 0 Å². The van der Waals surface area contributed by atoms with Crippen LogP contribution < -0.4 is 11.3 Å². The Morgan fingerprint density at radius 2 is 2.30 bits per heavy atom. The predicted molar refractivity (Wildman–Crippen MR) is 83.2 cm³/mol. The van der Waals surface area contributed by atoms with Gasteiger partial charge < -0.3 is 4.90 Å². The van der Waals surface area contributed by atoms with Gasteiger partial charge in [0, 0.05) is 35.7 Å². The number of nitrogens with zero attached hydrogens (tertiary/aromatic N) is 2. The number of carbonyl (C=O) groups is 1. The van der Waals surface area contributed by atoms with E-state index >= 15 is 0 Å². The Bertz CT molecular complexity index is 492. The van der Waals surface area contributed by atoms with Gasteiger partial charge in [-0.2, -0.15) is 0 Å². The van der Waals surface area contributed by atoms with Gasteiger partial charge in [-0.1, -0.05) is 22.0 Å². The van der Waals surface area contributed by atoms with Crippen LogP contribution in [0, 0.1) is 0 Å². The molecule has 0 aromatic heterocycles. The molecule has 1 aromatic rings. The monoisotopic (exact) mass is 340 g/mol. The normalized spacial score (nSPS) is 19.6. The van der Waals surface area contributed by atoms with E-state index in [9.17, 15) is 4.79 Å². The van der Waals surface area contributed by atoms with E-state index < -0.39 is 0 Å². The van der Waals surface area contributed by atoms with Crippen LogP contribution in [-0.4, -0.2) is 48.9 Å². The second kappa shape index (κ2) is 6.67. The second-order valence-corrected chi connectivity index (χ2v) is 6.28. The highest BCUT2D eigenvalue weighted by atomic mass is 79.9. The molecule has 110 valence electrons. The summed E-state index contributed by atoms with van der Waals surface area (Å²) in [6.07, 6.45) is 1.21. The van der Waals surface area contributed by atoms with Gasteiger partial charge in [-0.3, -0.25) is 15.1 Å². The molecule has 0 aliphatic carbocycles. The quantitative estimate of drug-likeness (QED) is 0.491. The lowest BCUT2D eigenvalue weighted by Gasteiger charge is -2.20. The van der Waals surface area contributed by atoms with E-state index in [2.05, 4.69) is 45.3 Å². The molecule has 1 aliphatic rings. The molecule has 0 saturated carbocycles. The molecule has 1 aromatic carbocycles. The van der Waals surface area contributed by atoms with Gasteiger partial charge in [-0.25, -0.2) is 5.84 Å². The van der Waals surface area contributed by atoms with Crippen LogP contribution in [0.5, 0.6) is 0 Å². The highest BCUT2D eigenvalue weighted by Crippen LogP contribution is 2.23. The van der Waals surface area contributed by atoms with Crippen LogP contribution in [0.25, 0.3) is 0 Å².